The molecule has 6 nitrogen and oxygen atoms in total. The van der Waals surface area contributed by atoms with E-state index < -0.39 is 5.91 Å². The van der Waals surface area contributed by atoms with E-state index in [1.165, 1.54) is 17.4 Å². The molecule has 2 aromatic rings. The fourth-order valence-corrected chi connectivity index (χ4v) is 3.15. The van der Waals surface area contributed by atoms with Crippen LogP contribution in [0.3, 0.4) is 0 Å². The molecule has 0 spiro atoms. The van der Waals surface area contributed by atoms with Crippen molar-refractivity contribution in [2.24, 2.45) is 5.73 Å². The van der Waals surface area contributed by atoms with Gasteiger partial charge in [0.15, 0.2) is 0 Å². The smallest absolute Gasteiger partial charge is 0.261 e. The molecular formula is C17H22N4O2. The summed E-state index contributed by atoms with van der Waals surface area (Å²) in [7, 11) is 0. The first-order chi connectivity index (χ1) is 11.1. The van der Waals surface area contributed by atoms with Crippen molar-refractivity contribution < 1.29 is 4.79 Å². The Morgan fingerprint density at radius 2 is 1.83 bits per heavy atom. The van der Waals surface area contributed by atoms with Crippen LogP contribution in [0.2, 0.25) is 0 Å². The highest BCUT2D eigenvalue weighted by molar-refractivity contribution is 5.78. The maximum absolute atomic E-state index is 12.7. The number of primary amides is 1. The lowest BCUT2D eigenvalue weighted by molar-refractivity contribution is -0.118. The van der Waals surface area contributed by atoms with Gasteiger partial charge in [-0.25, -0.2) is 4.98 Å². The minimum absolute atomic E-state index is 0.125. The second-order valence-electron chi connectivity index (χ2n) is 6.09. The summed E-state index contributed by atoms with van der Waals surface area (Å²) in [6, 6.07) is 7.23. The Labute approximate surface area is 134 Å². The first kappa shape index (κ1) is 15.7. The second kappa shape index (κ2) is 6.91. The molecule has 1 aromatic heterocycles. The van der Waals surface area contributed by atoms with Gasteiger partial charge in [0.1, 0.15) is 12.4 Å². The molecule has 0 bridgehead atoms. The quantitative estimate of drug-likeness (QED) is 0.921. The number of nitrogens with two attached hydrogens (primary N) is 1. The van der Waals surface area contributed by atoms with E-state index in [-0.39, 0.29) is 12.1 Å². The number of nitrogens with zero attached hydrogens (tertiary/aromatic N) is 3. The number of rotatable bonds is 4. The molecule has 0 radical (unpaired) electrons. The summed E-state index contributed by atoms with van der Waals surface area (Å²) < 4.78 is 1.43. The molecule has 23 heavy (non-hydrogen) atoms. The van der Waals surface area contributed by atoms with Gasteiger partial charge in [-0.2, -0.15) is 0 Å². The number of aromatic nitrogens is 2. The van der Waals surface area contributed by atoms with Crippen LogP contribution in [-0.4, -0.2) is 33.4 Å². The maximum atomic E-state index is 12.7. The van der Waals surface area contributed by atoms with Crippen molar-refractivity contribution in [3.63, 3.8) is 0 Å². The highest BCUT2D eigenvalue weighted by Crippen LogP contribution is 2.14. The first-order valence-corrected chi connectivity index (χ1v) is 8.14. The molecule has 2 N–H and O–H groups in total. The number of amides is 1. The molecule has 1 aliphatic rings. The number of benzene rings is 1. The average molecular weight is 314 g/mol. The molecule has 0 aliphatic carbocycles. The zero-order chi connectivity index (χ0) is 16.2. The minimum Gasteiger partial charge on any atom is -0.368 e. The van der Waals surface area contributed by atoms with Gasteiger partial charge in [0, 0.05) is 0 Å². The van der Waals surface area contributed by atoms with Gasteiger partial charge in [0.25, 0.3) is 5.56 Å². The highest BCUT2D eigenvalue weighted by atomic mass is 16.2. The molecule has 1 aliphatic heterocycles. The molecule has 1 saturated heterocycles. The van der Waals surface area contributed by atoms with E-state index in [9.17, 15) is 9.59 Å². The maximum Gasteiger partial charge on any atom is 0.261 e. The first-order valence-electron chi connectivity index (χ1n) is 8.14. The molecule has 122 valence electrons. The Hall–Kier alpha value is -2.21. The van der Waals surface area contributed by atoms with Crippen LogP contribution in [0, 0.1) is 0 Å². The molecule has 1 amide bonds. The second-order valence-corrected chi connectivity index (χ2v) is 6.09. The normalized spacial score (nSPS) is 16.3. The van der Waals surface area contributed by atoms with Crippen LogP contribution in [0.15, 0.2) is 29.1 Å². The summed E-state index contributed by atoms with van der Waals surface area (Å²) in [6.45, 7) is 2.45. The number of carbonyl (C=O) groups is 1. The Balaban J connectivity index is 2.02. The lowest BCUT2D eigenvalue weighted by atomic mass is 10.2. The van der Waals surface area contributed by atoms with Crippen molar-refractivity contribution in [2.75, 3.05) is 13.1 Å². The number of para-hydroxylation sites is 1. The Morgan fingerprint density at radius 1 is 1.13 bits per heavy atom. The fraction of sp³-hybridized carbons (Fsp3) is 0.471. The minimum atomic E-state index is -0.527. The molecule has 6 heteroatoms. The zero-order valence-corrected chi connectivity index (χ0v) is 13.2. The molecule has 2 heterocycles. The van der Waals surface area contributed by atoms with Crippen LogP contribution >= 0.6 is 0 Å². The van der Waals surface area contributed by atoms with Crippen molar-refractivity contribution in [1.82, 2.24) is 14.5 Å². The van der Waals surface area contributed by atoms with Gasteiger partial charge in [-0.05, 0) is 38.1 Å². The standard InChI is InChI=1S/C17H22N4O2/c18-15(22)11-21-16(12-20-9-5-1-2-6-10-20)19-14-8-4-3-7-13(14)17(21)23/h3-4,7-8H,1-2,5-6,9-12H2,(H2,18,22). The van der Waals surface area contributed by atoms with Gasteiger partial charge < -0.3 is 5.73 Å². The topological polar surface area (TPSA) is 81.2 Å². The van der Waals surface area contributed by atoms with Crippen molar-refractivity contribution in [2.45, 2.75) is 38.8 Å². The zero-order valence-electron chi connectivity index (χ0n) is 13.2. The molecule has 0 atom stereocenters. The van der Waals surface area contributed by atoms with Gasteiger partial charge in [-0.3, -0.25) is 19.1 Å². The van der Waals surface area contributed by atoms with Gasteiger partial charge >= 0.3 is 0 Å². The molecule has 0 unspecified atom stereocenters. The molecule has 0 saturated carbocycles. The van der Waals surface area contributed by atoms with E-state index in [2.05, 4.69) is 9.88 Å². The monoisotopic (exact) mass is 314 g/mol. The van der Waals surface area contributed by atoms with Gasteiger partial charge in [0.2, 0.25) is 5.91 Å². The van der Waals surface area contributed by atoms with Crippen LogP contribution in [0.5, 0.6) is 0 Å². The predicted octanol–water partition coefficient (Wildman–Crippen LogP) is 1.26. The lowest BCUT2D eigenvalue weighted by Crippen LogP contribution is -2.35. The van der Waals surface area contributed by atoms with Gasteiger partial charge in [0.05, 0.1) is 17.4 Å². The SMILES string of the molecule is NC(=O)Cn1c(CN2CCCCCC2)nc2ccccc2c1=O. The molecule has 1 fully saturated rings. The third-order valence-corrected chi connectivity index (χ3v) is 4.32. The largest absolute Gasteiger partial charge is 0.368 e. The Morgan fingerprint density at radius 3 is 2.52 bits per heavy atom. The van der Waals surface area contributed by atoms with E-state index in [4.69, 9.17) is 5.73 Å². The highest BCUT2D eigenvalue weighted by Gasteiger charge is 2.16. The number of fused-ring (bicyclic) bond motifs is 1. The Kier molecular flexibility index (Phi) is 4.71. The fourth-order valence-electron chi connectivity index (χ4n) is 3.15. The summed E-state index contributed by atoms with van der Waals surface area (Å²) >= 11 is 0. The van der Waals surface area contributed by atoms with Crippen molar-refractivity contribution in [1.29, 1.82) is 0 Å². The van der Waals surface area contributed by atoms with E-state index in [1.54, 1.807) is 12.1 Å². The van der Waals surface area contributed by atoms with E-state index in [0.717, 1.165) is 25.9 Å². The average Bonchev–Trinajstić information content (AvgIpc) is 2.79. The van der Waals surface area contributed by atoms with Gasteiger partial charge in [-0.15, -0.1) is 0 Å². The summed E-state index contributed by atoms with van der Waals surface area (Å²) in [6.07, 6.45) is 4.81. The van der Waals surface area contributed by atoms with Crippen molar-refractivity contribution in [3.8, 4) is 0 Å². The van der Waals surface area contributed by atoms with Crippen molar-refractivity contribution >= 4 is 16.8 Å². The molecular weight excluding hydrogens is 292 g/mol. The summed E-state index contributed by atoms with van der Waals surface area (Å²) in [5.41, 5.74) is 5.80. The van der Waals surface area contributed by atoms with Crippen LogP contribution in [0.1, 0.15) is 31.5 Å². The third kappa shape index (κ3) is 3.59. The number of hydrogen-bond acceptors (Lipinski definition) is 4. The molecule has 1 aromatic carbocycles. The van der Waals surface area contributed by atoms with E-state index >= 15 is 0 Å². The molecule has 3 rings (SSSR count). The number of likely N-dealkylation sites (tertiary alicyclic amines) is 1. The van der Waals surface area contributed by atoms with Crippen LogP contribution in [0.4, 0.5) is 0 Å². The van der Waals surface area contributed by atoms with E-state index in [0.29, 0.717) is 23.3 Å². The summed E-state index contributed by atoms with van der Waals surface area (Å²) in [4.78, 5) is 31.0. The summed E-state index contributed by atoms with van der Waals surface area (Å²) in [5, 5.41) is 0.522. The van der Waals surface area contributed by atoms with E-state index in [1.807, 2.05) is 12.1 Å². The van der Waals surface area contributed by atoms with Crippen LogP contribution in [-0.2, 0) is 17.9 Å². The number of carbonyl (C=O) groups excluding carboxylic acids is 1. The Bertz CT molecular complexity index is 761. The lowest BCUT2D eigenvalue weighted by Gasteiger charge is -2.21. The predicted molar refractivity (Wildman–Crippen MR) is 88.9 cm³/mol. The van der Waals surface area contributed by atoms with Gasteiger partial charge in [-0.1, -0.05) is 25.0 Å². The van der Waals surface area contributed by atoms with Crippen LogP contribution < -0.4 is 11.3 Å². The summed E-state index contributed by atoms with van der Waals surface area (Å²) in [5.74, 6) is 0.0932. The number of hydrogen-bond donors (Lipinski definition) is 1. The van der Waals surface area contributed by atoms with Crippen LogP contribution in [0.25, 0.3) is 10.9 Å². The van der Waals surface area contributed by atoms with Crippen molar-refractivity contribution in [3.05, 3.63) is 40.4 Å². The third-order valence-electron chi connectivity index (χ3n) is 4.32.